The van der Waals surface area contributed by atoms with Crippen molar-refractivity contribution in [1.82, 2.24) is 9.38 Å². The molecule has 0 aromatic carbocycles. The van der Waals surface area contributed by atoms with Gasteiger partial charge in [-0.05, 0) is 24.3 Å². The fourth-order valence-electron chi connectivity index (χ4n) is 1.87. The molecule has 0 aliphatic rings. The van der Waals surface area contributed by atoms with Gasteiger partial charge in [-0.25, -0.2) is 9.78 Å². The first-order chi connectivity index (χ1) is 10.6. The zero-order valence-corrected chi connectivity index (χ0v) is 12.7. The molecule has 0 saturated carbocycles. The van der Waals surface area contributed by atoms with E-state index in [9.17, 15) is 4.79 Å². The number of aromatic nitrogens is 2. The highest BCUT2D eigenvalue weighted by atomic mass is 35.5. The van der Waals surface area contributed by atoms with Crippen LogP contribution in [-0.4, -0.2) is 15.4 Å². The molecule has 3 aromatic rings. The summed E-state index contributed by atoms with van der Waals surface area (Å²) in [7, 11) is 0. The maximum atomic E-state index is 11.6. The Kier molecular flexibility index (Phi) is 4.18. The molecule has 22 heavy (non-hydrogen) atoms. The number of pyridine rings is 1. The summed E-state index contributed by atoms with van der Waals surface area (Å²) in [6.45, 7) is 0.0386. The lowest BCUT2D eigenvalue weighted by Crippen LogP contribution is -2.00. The number of hydrogen-bond acceptors (Lipinski definition) is 4. The summed E-state index contributed by atoms with van der Waals surface area (Å²) in [6.07, 6.45) is 7.73. The molecule has 3 rings (SSSR count). The van der Waals surface area contributed by atoms with Crippen molar-refractivity contribution in [3.05, 3.63) is 64.4 Å². The summed E-state index contributed by atoms with van der Waals surface area (Å²) in [4.78, 5) is 15.9. The van der Waals surface area contributed by atoms with E-state index in [1.807, 2.05) is 0 Å². The topological polar surface area (TPSA) is 56.7 Å². The van der Waals surface area contributed by atoms with E-state index in [1.165, 1.54) is 18.4 Å². The predicted octanol–water partition coefficient (Wildman–Crippen LogP) is 3.99. The van der Waals surface area contributed by atoms with Gasteiger partial charge < -0.3 is 13.6 Å². The standard InChI is InChI=1S/C15H10Cl2N2O3/c16-10-6-13(17)15-18-11(8-19(15)7-10)9-22-14(20)4-3-12-2-1-5-21-12/h1-8H,9H2. The summed E-state index contributed by atoms with van der Waals surface area (Å²) >= 11 is 12.0. The van der Waals surface area contributed by atoms with E-state index >= 15 is 0 Å². The lowest BCUT2D eigenvalue weighted by atomic mass is 10.4. The number of carbonyl (C=O) groups excluding carboxylic acids is 1. The fourth-order valence-corrected chi connectivity index (χ4v) is 2.40. The predicted molar refractivity (Wildman–Crippen MR) is 82.8 cm³/mol. The van der Waals surface area contributed by atoms with E-state index in [4.69, 9.17) is 32.4 Å². The Morgan fingerprint density at radius 3 is 3.05 bits per heavy atom. The number of esters is 1. The maximum absolute atomic E-state index is 11.6. The molecule has 0 saturated heterocycles. The van der Waals surface area contributed by atoms with Gasteiger partial charge in [0, 0.05) is 18.5 Å². The van der Waals surface area contributed by atoms with Gasteiger partial charge in [0.2, 0.25) is 0 Å². The molecule has 0 atom stereocenters. The summed E-state index contributed by atoms with van der Waals surface area (Å²) in [5.74, 6) is 0.0867. The van der Waals surface area contributed by atoms with Crippen LogP contribution in [-0.2, 0) is 16.1 Å². The highest BCUT2D eigenvalue weighted by Crippen LogP contribution is 2.21. The molecule has 0 amide bonds. The average molecular weight is 337 g/mol. The van der Waals surface area contributed by atoms with Gasteiger partial charge >= 0.3 is 5.97 Å². The fraction of sp³-hybridized carbons (Fsp3) is 0.0667. The summed E-state index contributed by atoms with van der Waals surface area (Å²) in [6, 6.07) is 5.07. The smallest absolute Gasteiger partial charge is 0.331 e. The van der Waals surface area contributed by atoms with Crippen LogP contribution in [0.15, 0.2) is 47.3 Å². The van der Waals surface area contributed by atoms with Crippen LogP contribution in [0.4, 0.5) is 0 Å². The van der Waals surface area contributed by atoms with Gasteiger partial charge in [-0.2, -0.15) is 0 Å². The molecule has 0 bridgehead atoms. The lowest BCUT2D eigenvalue weighted by molar-refractivity contribution is -0.139. The van der Waals surface area contributed by atoms with Crippen molar-refractivity contribution in [2.45, 2.75) is 6.61 Å². The number of rotatable bonds is 4. The Labute approximate surface area is 135 Å². The minimum atomic E-state index is -0.488. The van der Waals surface area contributed by atoms with Gasteiger partial charge in [-0.3, -0.25) is 0 Å². The zero-order valence-electron chi connectivity index (χ0n) is 11.2. The van der Waals surface area contributed by atoms with Crippen LogP contribution in [0, 0.1) is 0 Å². The number of imidazole rings is 1. The van der Waals surface area contributed by atoms with Crippen LogP contribution in [0.5, 0.6) is 0 Å². The van der Waals surface area contributed by atoms with Crippen LogP contribution in [0.2, 0.25) is 10.0 Å². The number of hydrogen-bond donors (Lipinski definition) is 0. The van der Waals surface area contributed by atoms with Crippen molar-refractivity contribution in [1.29, 1.82) is 0 Å². The maximum Gasteiger partial charge on any atom is 0.331 e. The summed E-state index contributed by atoms with van der Waals surface area (Å²) in [5, 5.41) is 0.933. The van der Waals surface area contributed by atoms with Crippen molar-refractivity contribution in [3.63, 3.8) is 0 Å². The number of carbonyl (C=O) groups is 1. The first-order valence-corrected chi connectivity index (χ1v) is 7.08. The third-order valence-corrected chi connectivity index (χ3v) is 3.30. The van der Waals surface area contributed by atoms with Crippen LogP contribution < -0.4 is 0 Å². The second kappa shape index (κ2) is 6.25. The van der Waals surface area contributed by atoms with Crippen molar-refractivity contribution < 1.29 is 13.9 Å². The van der Waals surface area contributed by atoms with E-state index in [-0.39, 0.29) is 6.61 Å². The third kappa shape index (κ3) is 3.32. The molecule has 5 nitrogen and oxygen atoms in total. The number of fused-ring (bicyclic) bond motifs is 1. The van der Waals surface area contributed by atoms with E-state index in [0.29, 0.717) is 27.1 Å². The van der Waals surface area contributed by atoms with Crippen molar-refractivity contribution in [2.24, 2.45) is 0 Å². The molecule has 0 aliphatic heterocycles. The molecular formula is C15H10Cl2N2O3. The van der Waals surface area contributed by atoms with Gasteiger partial charge in [0.25, 0.3) is 0 Å². The molecule has 0 fully saturated rings. The Hall–Kier alpha value is -2.24. The first kappa shape index (κ1) is 14.7. The third-order valence-electron chi connectivity index (χ3n) is 2.81. The first-order valence-electron chi connectivity index (χ1n) is 6.33. The van der Waals surface area contributed by atoms with Gasteiger partial charge in [-0.1, -0.05) is 23.2 Å². The van der Waals surface area contributed by atoms with E-state index in [0.717, 1.165) is 0 Å². The Morgan fingerprint density at radius 2 is 2.27 bits per heavy atom. The quantitative estimate of drug-likeness (QED) is 0.534. The zero-order chi connectivity index (χ0) is 15.5. The van der Waals surface area contributed by atoms with Gasteiger partial charge in [0.05, 0.1) is 22.0 Å². The van der Waals surface area contributed by atoms with Crippen LogP contribution in [0.25, 0.3) is 11.7 Å². The van der Waals surface area contributed by atoms with E-state index in [2.05, 4.69) is 4.98 Å². The Bertz CT molecular complexity index is 838. The minimum absolute atomic E-state index is 0.0386. The molecule has 0 spiro atoms. The summed E-state index contributed by atoms with van der Waals surface area (Å²) in [5.41, 5.74) is 1.13. The number of furan rings is 1. The van der Waals surface area contributed by atoms with E-state index in [1.54, 1.807) is 35.0 Å². The minimum Gasteiger partial charge on any atom is -0.465 e. The largest absolute Gasteiger partial charge is 0.465 e. The van der Waals surface area contributed by atoms with Crippen LogP contribution in [0.3, 0.4) is 0 Å². The van der Waals surface area contributed by atoms with Crippen molar-refractivity contribution in [3.8, 4) is 0 Å². The molecule has 3 heterocycles. The van der Waals surface area contributed by atoms with E-state index < -0.39 is 5.97 Å². The Morgan fingerprint density at radius 1 is 1.41 bits per heavy atom. The normalized spacial score (nSPS) is 11.4. The average Bonchev–Trinajstić information content (AvgIpc) is 3.11. The van der Waals surface area contributed by atoms with Crippen LogP contribution in [0.1, 0.15) is 11.5 Å². The molecular weight excluding hydrogens is 327 g/mol. The monoisotopic (exact) mass is 336 g/mol. The molecule has 3 aromatic heterocycles. The second-order valence-corrected chi connectivity index (χ2v) is 5.27. The Balaban J connectivity index is 1.66. The number of ether oxygens (including phenoxy) is 1. The molecule has 0 radical (unpaired) electrons. The highest BCUT2D eigenvalue weighted by molar-refractivity contribution is 6.36. The number of halogens is 2. The van der Waals surface area contributed by atoms with Gasteiger partial charge in [-0.15, -0.1) is 0 Å². The van der Waals surface area contributed by atoms with Gasteiger partial charge in [0.1, 0.15) is 12.4 Å². The van der Waals surface area contributed by atoms with Crippen LogP contribution >= 0.6 is 23.2 Å². The summed E-state index contributed by atoms with van der Waals surface area (Å²) < 4.78 is 11.9. The lowest BCUT2D eigenvalue weighted by Gasteiger charge is -1.97. The second-order valence-electron chi connectivity index (χ2n) is 4.43. The molecule has 0 N–H and O–H groups in total. The molecule has 0 aliphatic carbocycles. The number of nitrogens with zero attached hydrogens (tertiary/aromatic N) is 2. The van der Waals surface area contributed by atoms with Crippen molar-refractivity contribution >= 4 is 40.9 Å². The van der Waals surface area contributed by atoms with Crippen molar-refractivity contribution in [2.75, 3.05) is 0 Å². The molecule has 0 unspecified atom stereocenters. The molecule has 112 valence electrons. The molecule has 7 heteroatoms. The van der Waals surface area contributed by atoms with Gasteiger partial charge in [0.15, 0.2) is 5.65 Å². The highest BCUT2D eigenvalue weighted by Gasteiger charge is 2.08. The SMILES string of the molecule is O=C(C=Cc1ccco1)OCc1cn2cc(Cl)cc(Cl)c2n1.